The normalized spacial score (nSPS) is 10.5. The SMILES string of the molecule is CNC(=S)N(Cc1ccccc1)Cc1cc2ccc(OC)cc2[nH]c1=O. The highest BCUT2D eigenvalue weighted by Gasteiger charge is 2.13. The van der Waals surface area contributed by atoms with E-state index in [4.69, 9.17) is 17.0 Å². The van der Waals surface area contributed by atoms with Crippen LogP contribution in [0.15, 0.2) is 59.4 Å². The van der Waals surface area contributed by atoms with Crippen LogP contribution in [0.3, 0.4) is 0 Å². The molecule has 0 radical (unpaired) electrons. The Bertz CT molecular complexity index is 970. The Morgan fingerprint density at radius 3 is 2.62 bits per heavy atom. The average Bonchev–Trinajstić information content (AvgIpc) is 2.67. The van der Waals surface area contributed by atoms with E-state index in [1.165, 1.54) is 0 Å². The smallest absolute Gasteiger partial charge is 0.253 e. The predicted octanol–water partition coefficient (Wildman–Crippen LogP) is 3.04. The van der Waals surface area contributed by atoms with Crippen LogP contribution in [0.5, 0.6) is 5.75 Å². The van der Waals surface area contributed by atoms with Gasteiger partial charge in [0, 0.05) is 25.2 Å². The highest BCUT2D eigenvalue weighted by Crippen LogP contribution is 2.19. The van der Waals surface area contributed by atoms with Gasteiger partial charge in [-0.2, -0.15) is 0 Å². The van der Waals surface area contributed by atoms with E-state index in [1.54, 1.807) is 14.2 Å². The molecule has 5 nitrogen and oxygen atoms in total. The molecule has 3 rings (SSSR count). The Morgan fingerprint density at radius 1 is 1.15 bits per heavy atom. The van der Waals surface area contributed by atoms with Gasteiger partial charge in [0.2, 0.25) is 0 Å². The molecule has 3 aromatic rings. The van der Waals surface area contributed by atoms with Gasteiger partial charge in [-0.15, -0.1) is 0 Å². The van der Waals surface area contributed by atoms with Crippen LogP contribution >= 0.6 is 12.2 Å². The van der Waals surface area contributed by atoms with E-state index in [0.29, 0.717) is 29.5 Å². The minimum atomic E-state index is -0.122. The second-order valence-electron chi connectivity index (χ2n) is 5.97. The molecule has 1 heterocycles. The van der Waals surface area contributed by atoms with Gasteiger partial charge in [-0.25, -0.2) is 0 Å². The summed E-state index contributed by atoms with van der Waals surface area (Å²) in [5, 5.41) is 4.56. The molecule has 1 aromatic heterocycles. The van der Waals surface area contributed by atoms with Crippen molar-refractivity contribution >= 4 is 28.2 Å². The molecule has 134 valence electrons. The molecule has 26 heavy (non-hydrogen) atoms. The maximum absolute atomic E-state index is 12.5. The number of H-pyrrole nitrogens is 1. The van der Waals surface area contributed by atoms with E-state index in [0.717, 1.165) is 16.5 Å². The largest absolute Gasteiger partial charge is 0.497 e. The van der Waals surface area contributed by atoms with Crippen molar-refractivity contribution in [3.63, 3.8) is 0 Å². The number of rotatable bonds is 5. The lowest BCUT2D eigenvalue weighted by molar-refractivity contribution is 0.401. The standard InChI is InChI=1S/C20H21N3O2S/c1-21-20(26)23(12-14-6-4-3-5-7-14)13-16-10-15-8-9-17(25-2)11-18(15)22-19(16)24/h3-11H,12-13H2,1-2H3,(H,21,26)(H,22,24). The summed E-state index contributed by atoms with van der Waals surface area (Å²) >= 11 is 5.43. The highest BCUT2D eigenvalue weighted by atomic mass is 32.1. The third-order valence-electron chi connectivity index (χ3n) is 4.21. The Balaban J connectivity index is 1.91. The predicted molar refractivity (Wildman–Crippen MR) is 108 cm³/mol. The van der Waals surface area contributed by atoms with Crippen molar-refractivity contribution in [1.29, 1.82) is 0 Å². The first-order valence-corrected chi connectivity index (χ1v) is 8.72. The van der Waals surface area contributed by atoms with Gasteiger partial charge in [-0.1, -0.05) is 30.3 Å². The molecular weight excluding hydrogens is 346 g/mol. The Morgan fingerprint density at radius 2 is 1.92 bits per heavy atom. The third kappa shape index (κ3) is 4.03. The zero-order valence-electron chi connectivity index (χ0n) is 14.8. The Hall–Kier alpha value is -2.86. The van der Waals surface area contributed by atoms with Crippen molar-refractivity contribution in [2.45, 2.75) is 13.1 Å². The van der Waals surface area contributed by atoms with Crippen LogP contribution in [0.4, 0.5) is 0 Å². The number of nitrogens with zero attached hydrogens (tertiary/aromatic N) is 1. The molecule has 0 aliphatic heterocycles. The second kappa shape index (κ2) is 8.01. The molecule has 0 saturated heterocycles. The summed E-state index contributed by atoms with van der Waals surface area (Å²) in [4.78, 5) is 17.5. The number of methoxy groups -OCH3 is 1. The molecule has 0 saturated carbocycles. The summed E-state index contributed by atoms with van der Waals surface area (Å²) in [5.74, 6) is 0.711. The quantitative estimate of drug-likeness (QED) is 0.679. The average molecular weight is 367 g/mol. The number of benzene rings is 2. The number of pyridine rings is 1. The van der Waals surface area contributed by atoms with Crippen LogP contribution in [0.2, 0.25) is 0 Å². The second-order valence-corrected chi connectivity index (χ2v) is 6.36. The summed E-state index contributed by atoms with van der Waals surface area (Å²) in [6, 6.07) is 17.6. The number of aromatic amines is 1. The van der Waals surface area contributed by atoms with E-state index in [-0.39, 0.29) is 5.56 Å². The third-order valence-corrected chi connectivity index (χ3v) is 4.67. The van der Waals surface area contributed by atoms with Gasteiger partial charge >= 0.3 is 0 Å². The van der Waals surface area contributed by atoms with Crippen molar-refractivity contribution in [3.05, 3.63) is 76.1 Å². The maximum atomic E-state index is 12.5. The van der Waals surface area contributed by atoms with Crippen molar-refractivity contribution in [1.82, 2.24) is 15.2 Å². The van der Waals surface area contributed by atoms with Crippen LogP contribution in [0.25, 0.3) is 10.9 Å². The number of aromatic nitrogens is 1. The number of nitrogens with one attached hydrogen (secondary N) is 2. The van der Waals surface area contributed by atoms with Crippen LogP contribution in [0, 0.1) is 0 Å². The fraction of sp³-hybridized carbons (Fsp3) is 0.200. The molecule has 0 bridgehead atoms. The van der Waals surface area contributed by atoms with Crippen molar-refractivity contribution in [3.8, 4) is 5.75 Å². The van der Waals surface area contributed by atoms with E-state index in [2.05, 4.69) is 10.3 Å². The molecule has 0 atom stereocenters. The molecule has 0 spiro atoms. The first-order chi connectivity index (χ1) is 12.6. The molecule has 2 aromatic carbocycles. The van der Waals surface area contributed by atoms with Gasteiger partial charge in [0.15, 0.2) is 5.11 Å². The van der Waals surface area contributed by atoms with Gasteiger partial charge in [0.05, 0.1) is 19.2 Å². The molecule has 0 aliphatic carbocycles. The molecule has 0 aliphatic rings. The van der Waals surface area contributed by atoms with Crippen molar-refractivity contribution in [2.24, 2.45) is 0 Å². The zero-order chi connectivity index (χ0) is 18.5. The number of fused-ring (bicyclic) bond motifs is 1. The first kappa shape index (κ1) is 17.9. The van der Waals surface area contributed by atoms with Gasteiger partial charge < -0.3 is 19.9 Å². The Labute approximate surface area is 157 Å². The van der Waals surface area contributed by atoms with Crippen LogP contribution < -0.4 is 15.6 Å². The van der Waals surface area contributed by atoms with E-state index < -0.39 is 0 Å². The number of thiocarbonyl (C=S) groups is 1. The fourth-order valence-electron chi connectivity index (χ4n) is 2.84. The fourth-order valence-corrected chi connectivity index (χ4v) is 2.97. The summed E-state index contributed by atoms with van der Waals surface area (Å²) in [6.45, 7) is 1.05. The van der Waals surface area contributed by atoms with E-state index in [1.807, 2.05) is 59.5 Å². The lowest BCUT2D eigenvalue weighted by Gasteiger charge is -2.25. The van der Waals surface area contributed by atoms with Crippen LogP contribution in [-0.2, 0) is 13.1 Å². The summed E-state index contributed by atoms with van der Waals surface area (Å²) in [7, 11) is 3.39. The summed E-state index contributed by atoms with van der Waals surface area (Å²) in [6.07, 6.45) is 0. The molecule has 0 unspecified atom stereocenters. The van der Waals surface area contributed by atoms with Crippen molar-refractivity contribution < 1.29 is 4.74 Å². The lowest BCUT2D eigenvalue weighted by Crippen LogP contribution is -2.38. The van der Waals surface area contributed by atoms with Gasteiger partial charge in [0.25, 0.3) is 5.56 Å². The monoisotopic (exact) mass is 367 g/mol. The van der Waals surface area contributed by atoms with Crippen molar-refractivity contribution in [2.75, 3.05) is 14.2 Å². The van der Waals surface area contributed by atoms with E-state index >= 15 is 0 Å². The highest BCUT2D eigenvalue weighted by molar-refractivity contribution is 7.80. The molecule has 2 N–H and O–H groups in total. The van der Waals surface area contributed by atoms with Crippen LogP contribution in [0.1, 0.15) is 11.1 Å². The van der Waals surface area contributed by atoms with Crippen LogP contribution in [-0.4, -0.2) is 29.2 Å². The van der Waals surface area contributed by atoms with E-state index in [9.17, 15) is 4.79 Å². The number of hydrogen-bond acceptors (Lipinski definition) is 3. The topological polar surface area (TPSA) is 57.4 Å². The zero-order valence-corrected chi connectivity index (χ0v) is 15.6. The molecule has 0 fully saturated rings. The molecular formula is C20H21N3O2S. The maximum Gasteiger partial charge on any atom is 0.253 e. The molecule has 0 amide bonds. The molecule has 6 heteroatoms. The summed E-state index contributed by atoms with van der Waals surface area (Å²) in [5.41, 5.74) is 2.43. The number of ether oxygens (including phenoxy) is 1. The minimum Gasteiger partial charge on any atom is -0.497 e. The van der Waals surface area contributed by atoms with Gasteiger partial charge in [-0.3, -0.25) is 4.79 Å². The Kier molecular flexibility index (Phi) is 5.53. The van der Waals surface area contributed by atoms with Gasteiger partial charge in [0.1, 0.15) is 5.75 Å². The minimum absolute atomic E-state index is 0.122. The van der Waals surface area contributed by atoms with Gasteiger partial charge in [-0.05, 0) is 41.4 Å². The first-order valence-electron chi connectivity index (χ1n) is 8.31. The lowest BCUT2D eigenvalue weighted by atomic mass is 10.1. The number of hydrogen-bond donors (Lipinski definition) is 2. The summed E-state index contributed by atoms with van der Waals surface area (Å²) < 4.78 is 5.21.